The van der Waals surface area contributed by atoms with E-state index in [1.807, 2.05) is 26.0 Å². The molecule has 3 heterocycles. The minimum Gasteiger partial charge on any atom is -0.356 e. The third-order valence-corrected chi connectivity index (χ3v) is 4.40. The molecule has 7 nitrogen and oxygen atoms in total. The highest BCUT2D eigenvalue weighted by atomic mass is 16.1. The summed E-state index contributed by atoms with van der Waals surface area (Å²) in [6, 6.07) is 3.83. The molecule has 0 spiro atoms. The van der Waals surface area contributed by atoms with Gasteiger partial charge >= 0.3 is 0 Å². The number of aromatic nitrogens is 4. The number of carbonyl (C=O) groups is 1. The molecule has 2 unspecified atom stereocenters. The zero-order valence-electron chi connectivity index (χ0n) is 15.6. The van der Waals surface area contributed by atoms with Crippen LogP contribution in [0, 0.1) is 25.7 Å². The van der Waals surface area contributed by atoms with Gasteiger partial charge in [0.1, 0.15) is 11.6 Å². The normalized spacial score (nSPS) is 20.6. The van der Waals surface area contributed by atoms with E-state index >= 15 is 0 Å². The number of piperidine rings is 1. The predicted molar refractivity (Wildman–Crippen MR) is 98.1 cm³/mol. The zero-order chi connectivity index (χ0) is 18.1. The number of hydrogen-bond acceptors (Lipinski definition) is 5. The number of hydrogen-bond donors (Lipinski definition) is 1. The second-order valence-electron chi connectivity index (χ2n) is 7.28. The standard InChI is InChI=1S/C18H26N6O/c1-11-6-12(2)10-23(9-11)17-8-16(19-15(5)25)20-18(21-17)24-14(4)7-13(3)22-24/h7-8,11-12H,6,9-10H2,1-5H3,(H,19,20,21,25). The zero-order valence-corrected chi connectivity index (χ0v) is 15.6. The van der Waals surface area contributed by atoms with Crippen LogP contribution in [-0.2, 0) is 4.79 Å². The Hall–Kier alpha value is -2.44. The van der Waals surface area contributed by atoms with Gasteiger partial charge in [0, 0.05) is 31.8 Å². The van der Waals surface area contributed by atoms with Crippen molar-refractivity contribution in [3.05, 3.63) is 23.5 Å². The van der Waals surface area contributed by atoms with Gasteiger partial charge in [-0.1, -0.05) is 13.8 Å². The Balaban J connectivity index is 2.03. The maximum atomic E-state index is 11.5. The maximum absolute atomic E-state index is 11.5. The molecule has 1 aliphatic rings. The van der Waals surface area contributed by atoms with Crippen LogP contribution in [0.2, 0.25) is 0 Å². The molecular weight excluding hydrogens is 316 g/mol. The van der Waals surface area contributed by atoms with Crippen LogP contribution in [0.15, 0.2) is 12.1 Å². The Morgan fingerprint density at radius 3 is 2.40 bits per heavy atom. The van der Waals surface area contributed by atoms with Gasteiger partial charge in [-0.15, -0.1) is 0 Å². The molecule has 2 aromatic rings. The van der Waals surface area contributed by atoms with E-state index in [0.29, 0.717) is 23.6 Å². The number of carbonyl (C=O) groups excluding carboxylic acids is 1. The highest BCUT2D eigenvalue weighted by Crippen LogP contribution is 2.27. The van der Waals surface area contributed by atoms with E-state index in [-0.39, 0.29) is 5.91 Å². The van der Waals surface area contributed by atoms with Crippen LogP contribution in [0.25, 0.3) is 5.95 Å². The molecule has 1 N–H and O–H groups in total. The molecule has 0 radical (unpaired) electrons. The minimum atomic E-state index is -0.149. The molecule has 134 valence electrons. The van der Waals surface area contributed by atoms with Crippen LogP contribution >= 0.6 is 0 Å². The van der Waals surface area contributed by atoms with Crippen molar-refractivity contribution in [2.75, 3.05) is 23.3 Å². The lowest BCUT2D eigenvalue weighted by atomic mass is 9.92. The van der Waals surface area contributed by atoms with Crippen LogP contribution in [0.1, 0.15) is 38.6 Å². The second kappa shape index (κ2) is 6.82. The number of rotatable bonds is 3. The smallest absolute Gasteiger partial charge is 0.254 e. The largest absolute Gasteiger partial charge is 0.356 e. The fraction of sp³-hybridized carbons (Fsp3) is 0.556. The quantitative estimate of drug-likeness (QED) is 0.928. The monoisotopic (exact) mass is 342 g/mol. The Morgan fingerprint density at radius 1 is 1.16 bits per heavy atom. The summed E-state index contributed by atoms with van der Waals surface area (Å²) >= 11 is 0. The van der Waals surface area contributed by atoms with Crippen molar-refractivity contribution in [2.24, 2.45) is 11.8 Å². The number of nitrogens with zero attached hydrogens (tertiary/aromatic N) is 5. The highest BCUT2D eigenvalue weighted by molar-refractivity contribution is 5.88. The molecule has 2 aromatic heterocycles. The Bertz CT molecular complexity index is 774. The van der Waals surface area contributed by atoms with E-state index < -0.39 is 0 Å². The molecule has 1 amide bonds. The van der Waals surface area contributed by atoms with Gasteiger partial charge in [-0.25, -0.2) is 4.68 Å². The Labute approximate surface area is 148 Å². The molecule has 7 heteroatoms. The van der Waals surface area contributed by atoms with Crippen LogP contribution in [0.3, 0.4) is 0 Å². The van der Waals surface area contributed by atoms with Crippen LogP contribution in [0.5, 0.6) is 0 Å². The van der Waals surface area contributed by atoms with Crippen molar-refractivity contribution in [2.45, 2.75) is 41.0 Å². The van der Waals surface area contributed by atoms with E-state index in [2.05, 4.69) is 34.1 Å². The summed E-state index contributed by atoms with van der Waals surface area (Å²) in [5.74, 6) is 2.90. The van der Waals surface area contributed by atoms with Crippen molar-refractivity contribution < 1.29 is 4.79 Å². The minimum absolute atomic E-state index is 0.149. The summed E-state index contributed by atoms with van der Waals surface area (Å²) in [4.78, 5) is 23.0. The predicted octanol–water partition coefficient (Wildman–Crippen LogP) is 2.72. The molecule has 0 saturated carbocycles. The lowest BCUT2D eigenvalue weighted by Gasteiger charge is -2.36. The molecule has 25 heavy (non-hydrogen) atoms. The van der Waals surface area contributed by atoms with Crippen molar-refractivity contribution in [1.82, 2.24) is 19.7 Å². The summed E-state index contributed by atoms with van der Waals surface area (Å²) in [6.07, 6.45) is 1.23. The Morgan fingerprint density at radius 2 is 1.84 bits per heavy atom. The summed E-state index contributed by atoms with van der Waals surface area (Å²) in [6.45, 7) is 11.8. The van der Waals surface area contributed by atoms with Gasteiger partial charge in [0.25, 0.3) is 5.95 Å². The first-order valence-electron chi connectivity index (χ1n) is 8.77. The number of aryl methyl sites for hydroxylation is 2. The first kappa shape index (κ1) is 17.4. The molecule has 0 aromatic carbocycles. The van der Waals surface area contributed by atoms with Gasteiger partial charge < -0.3 is 10.2 Å². The van der Waals surface area contributed by atoms with Crippen LogP contribution < -0.4 is 10.2 Å². The molecule has 3 rings (SSSR count). The first-order chi connectivity index (χ1) is 11.8. The molecule has 0 bridgehead atoms. The third-order valence-electron chi connectivity index (χ3n) is 4.40. The number of nitrogens with one attached hydrogen (secondary N) is 1. The van der Waals surface area contributed by atoms with Crippen molar-refractivity contribution in [3.8, 4) is 5.95 Å². The van der Waals surface area contributed by atoms with E-state index in [4.69, 9.17) is 4.98 Å². The molecule has 2 atom stereocenters. The maximum Gasteiger partial charge on any atom is 0.254 e. The highest BCUT2D eigenvalue weighted by Gasteiger charge is 2.24. The van der Waals surface area contributed by atoms with E-state index in [1.54, 1.807) is 4.68 Å². The fourth-order valence-electron chi connectivity index (χ4n) is 3.60. The molecule has 1 fully saturated rings. The van der Waals surface area contributed by atoms with Gasteiger partial charge in [0.15, 0.2) is 0 Å². The van der Waals surface area contributed by atoms with E-state index in [0.717, 1.165) is 30.3 Å². The lowest BCUT2D eigenvalue weighted by Crippen LogP contribution is -2.39. The molecule has 0 aliphatic carbocycles. The molecular formula is C18H26N6O. The van der Waals surface area contributed by atoms with Gasteiger partial charge in [-0.2, -0.15) is 15.1 Å². The third kappa shape index (κ3) is 3.97. The molecule has 1 aliphatic heterocycles. The summed E-state index contributed by atoms with van der Waals surface area (Å²) in [7, 11) is 0. The summed E-state index contributed by atoms with van der Waals surface area (Å²) in [5.41, 5.74) is 1.87. The topological polar surface area (TPSA) is 75.9 Å². The summed E-state index contributed by atoms with van der Waals surface area (Å²) in [5, 5.41) is 7.26. The van der Waals surface area contributed by atoms with Gasteiger partial charge in [0.2, 0.25) is 5.91 Å². The number of amides is 1. The van der Waals surface area contributed by atoms with Gasteiger partial charge in [-0.3, -0.25) is 4.79 Å². The van der Waals surface area contributed by atoms with Crippen molar-refractivity contribution in [3.63, 3.8) is 0 Å². The van der Waals surface area contributed by atoms with Crippen LogP contribution in [0.4, 0.5) is 11.6 Å². The van der Waals surface area contributed by atoms with E-state index in [9.17, 15) is 4.79 Å². The van der Waals surface area contributed by atoms with Crippen molar-refractivity contribution >= 4 is 17.5 Å². The average Bonchev–Trinajstić information content (AvgIpc) is 2.84. The van der Waals surface area contributed by atoms with Crippen LogP contribution in [-0.4, -0.2) is 38.7 Å². The Kier molecular flexibility index (Phi) is 4.74. The van der Waals surface area contributed by atoms with Crippen molar-refractivity contribution in [1.29, 1.82) is 0 Å². The van der Waals surface area contributed by atoms with Gasteiger partial charge in [-0.05, 0) is 38.2 Å². The average molecular weight is 342 g/mol. The SMILES string of the molecule is CC(=O)Nc1cc(N2CC(C)CC(C)C2)nc(-n2nc(C)cc2C)n1. The summed E-state index contributed by atoms with van der Waals surface area (Å²) < 4.78 is 1.72. The van der Waals surface area contributed by atoms with E-state index in [1.165, 1.54) is 13.3 Å². The first-order valence-corrected chi connectivity index (χ1v) is 8.77. The molecule has 1 saturated heterocycles. The number of anilines is 2. The second-order valence-corrected chi connectivity index (χ2v) is 7.28. The van der Waals surface area contributed by atoms with Gasteiger partial charge in [0.05, 0.1) is 5.69 Å². The lowest BCUT2D eigenvalue weighted by molar-refractivity contribution is -0.114. The fourth-order valence-corrected chi connectivity index (χ4v) is 3.60.